The molecule has 0 amide bonds. The van der Waals surface area contributed by atoms with Crippen molar-refractivity contribution in [2.24, 2.45) is 4.99 Å². The first kappa shape index (κ1) is 12.6. The predicted molar refractivity (Wildman–Crippen MR) is 74.7 cm³/mol. The number of benzene rings is 1. The second kappa shape index (κ2) is 4.57. The van der Waals surface area contributed by atoms with E-state index in [9.17, 15) is 14.3 Å². The molecule has 4 nitrogen and oxygen atoms in total. The van der Waals surface area contributed by atoms with Gasteiger partial charge in [-0.3, -0.25) is 9.79 Å². The number of hydrogen-bond donors (Lipinski definition) is 1. The van der Waals surface area contributed by atoms with E-state index in [-0.39, 0.29) is 17.6 Å². The fourth-order valence-electron chi connectivity index (χ4n) is 1.73. The van der Waals surface area contributed by atoms with Crippen molar-refractivity contribution in [3.05, 3.63) is 23.0 Å². The standard InChI is InChI=1S/C12H9FN2O2S2/c1-5(16)8-4-18-11(15-8)12-14-7-2-6(13)9(17)3-10(7)19-12/h2-3,8,17H,4H2,1H3. The average molecular weight is 296 g/mol. The van der Waals surface area contributed by atoms with E-state index < -0.39 is 5.82 Å². The number of aromatic nitrogens is 1. The van der Waals surface area contributed by atoms with Crippen LogP contribution in [0.5, 0.6) is 5.75 Å². The van der Waals surface area contributed by atoms with Gasteiger partial charge in [0.05, 0.1) is 10.2 Å². The van der Waals surface area contributed by atoms with Crippen molar-refractivity contribution in [3.63, 3.8) is 0 Å². The molecule has 0 bridgehead atoms. The summed E-state index contributed by atoms with van der Waals surface area (Å²) in [5.74, 6) is -0.412. The molecule has 1 aromatic carbocycles. The number of fused-ring (bicyclic) bond motifs is 1. The van der Waals surface area contributed by atoms with Gasteiger partial charge >= 0.3 is 0 Å². The number of carbonyl (C=O) groups is 1. The molecule has 1 aliphatic rings. The Morgan fingerprint density at radius 3 is 3.00 bits per heavy atom. The molecule has 0 radical (unpaired) electrons. The highest BCUT2D eigenvalue weighted by Crippen LogP contribution is 2.32. The van der Waals surface area contributed by atoms with Gasteiger partial charge in [-0.15, -0.1) is 23.1 Å². The molecule has 7 heteroatoms. The molecule has 2 heterocycles. The van der Waals surface area contributed by atoms with Gasteiger partial charge in [0.2, 0.25) is 0 Å². The SMILES string of the molecule is CC(=O)C1CSC(c2nc3cc(F)c(O)cc3s2)=N1. The number of aliphatic imine (C=N–C) groups is 1. The third kappa shape index (κ3) is 2.23. The van der Waals surface area contributed by atoms with Crippen LogP contribution in [0.15, 0.2) is 17.1 Å². The van der Waals surface area contributed by atoms with Crippen LogP contribution in [0.25, 0.3) is 10.2 Å². The van der Waals surface area contributed by atoms with Crippen LogP contribution in [-0.2, 0) is 4.79 Å². The first-order valence-corrected chi connectivity index (χ1v) is 7.35. The van der Waals surface area contributed by atoms with Crippen molar-refractivity contribution in [2.45, 2.75) is 13.0 Å². The zero-order chi connectivity index (χ0) is 13.6. The first-order valence-electron chi connectivity index (χ1n) is 5.55. The van der Waals surface area contributed by atoms with Crippen LogP contribution in [0, 0.1) is 5.82 Å². The Labute approximate surface area is 116 Å². The fraction of sp³-hybridized carbons (Fsp3) is 0.250. The highest BCUT2D eigenvalue weighted by atomic mass is 32.2. The Hall–Kier alpha value is -1.47. The van der Waals surface area contributed by atoms with Crippen LogP contribution in [-0.4, -0.2) is 32.7 Å². The lowest BCUT2D eigenvalue weighted by Gasteiger charge is -1.95. The molecule has 0 aliphatic carbocycles. The summed E-state index contributed by atoms with van der Waals surface area (Å²) in [5, 5.41) is 10.7. The van der Waals surface area contributed by atoms with Crippen molar-refractivity contribution < 1.29 is 14.3 Å². The predicted octanol–water partition coefficient (Wildman–Crippen LogP) is 2.59. The second-order valence-corrected chi connectivity index (χ2v) is 6.20. The largest absolute Gasteiger partial charge is 0.505 e. The Morgan fingerprint density at radius 1 is 1.53 bits per heavy atom. The quantitative estimate of drug-likeness (QED) is 0.925. The van der Waals surface area contributed by atoms with Gasteiger partial charge in [-0.05, 0) is 6.92 Å². The lowest BCUT2D eigenvalue weighted by Crippen LogP contribution is -2.14. The van der Waals surface area contributed by atoms with E-state index in [1.807, 2.05) is 0 Å². The molecule has 0 saturated heterocycles. The molecule has 0 spiro atoms. The number of aromatic hydroxyl groups is 1. The number of rotatable bonds is 2. The fourth-order valence-corrected chi connectivity index (χ4v) is 3.90. The molecule has 1 aliphatic heterocycles. The van der Waals surface area contributed by atoms with Gasteiger partial charge in [0.25, 0.3) is 0 Å². The number of phenols is 1. The van der Waals surface area contributed by atoms with Gasteiger partial charge in [-0.25, -0.2) is 9.37 Å². The number of nitrogens with zero attached hydrogens (tertiary/aromatic N) is 2. The topological polar surface area (TPSA) is 62.5 Å². The van der Waals surface area contributed by atoms with E-state index >= 15 is 0 Å². The van der Waals surface area contributed by atoms with Crippen LogP contribution >= 0.6 is 23.1 Å². The van der Waals surface area contributed by atoms with Gasteiger partial charge in [0.15, 0.2) is 17.3 Å². The summed E-state index contributed by atoms with van der Waals surface area (Å²) in [6.45, 7) is 1.52. The van der Waals surface area contributed by atoms with Crippen molar-refractivity contribution in [1.82, 2.24) is 4.98 Å². The van der Waals surface area contributed by atoms with Crippen LogP contribution < -0.4 is 0 Å². The summed E-state index contributed by atoms with van der Waals surface area (Å²) in [4.78, 5) is 19.9. The van der Waals surface area contributed by atoms with Gasteiger partial charge in [-0.2, -0.15) is 0 Å². The third-order valence-corrected chi connectivity index (χ3v) is 4.97. The molecule has 1 unspecified atom stereocenters. The molecular weight excluding hydrogens is 287 g/mol. The summed E-state index contributed by atoms with van der Waals surface area (Å²) in [5.41, 5.74) is 0.491. The highest BCUT2D eigenvalue weighted by Gasteiger charge is 2.25. The molecule has 0 saturated carbocycles. The maximum absolute atomic E-state index is 13.2. The van der Waals surface area contributed by atoms with Crippen molar-refractivity contribution in [3.8, 4) is 5.75 Å². The first-order chi connectivity index (χ1) is 9.04. The van der Waals surface area contributed by atoms with Gasteiger partial charge in [-0.1, -0.05) is 0 Å². The molecule has 1 aromatic heterocycles. The zero-order valence-electron chi connectivity index (χ0n) is 9.88. The van der Waals surface area contributed by atoms with Crippen LogP contribution in [0.3, 0.4) is 0 Å². The lowest BCUT2D eigenvalue weighted by molar-refractivity contribution is -0.117. The smallest absolute Gasteiger partial charge is 0.167 e. The molecule has 2 aromatic rings. The summed E-state index contributed by atoms with van der Waals surface area (Å²) in [7, 11) is 0. The average Bonchev–Trinajstić information content (AvgIpc) is 2.95. The van der Waals surface area contributed by atoms with E-state index in [1.165, 1.54) is 42.2 Å². The molecule has 0 fully saturated rings. The monoisotopic (exact) mass is 296 g/mol. The van der Waals surface area contributed by atoms with Crippen molar-refractivity contribution >= 4 is 44.1 Å². The van der Waals surface area contributed by atoms with E-state index in [0.29, 0.717) is 26.0 Å². The molecule has 1 atom stereocenters. The number of hydrogen-bond acceptors (Lipinski definition) is 6. The minimum atomic E-state index is -0.688. The van der Waals surface area contributed by atoms with Gasteiger partial charge < -0.3 is 5.11 Å². The van der Waals surface area contributed by atoms with Crippen molar-refractivity contribution in [1.29, 1.82) is 0 Å². The van der Waals surface area contributed by atoms with Crippen LogP contribution in [0.1, 0.15) is 11.9 Å². The Morgan fingerprint density at radius 2 is 2.32 bits per heavy atom. The maximum atomic E-state index is 13.2. The maximum Gasteiger partial charge on any atom is 0.167 e. The number of carbonyl (C=O) groups excluding carboxylic acids is 1. The number of thioether (sulfide) groups is 1. The number of thiazole rings is 1. The lowest BCUT2D eigenvalue weighted by atomic mass is 10.2. The Bertz CT molecular complexity index is 672. The Balaban J connectivity index is 2.03. The third-order valence-electron chi connectivity index (χ3n) is 2.76. The summed E-state index contributed by atoms with van der Waals surface area (Å²) in [6.07, 6.45) is 0. The zero-order valence-corrected chi connectivity index (χ0v) is 11.5. The Kier molecular flexibility index (Phi) is 3.02. The molecule has 98 valence electrons. The van der Waals surface area contributed by atoms with Crippen LogP contribution in [0.2, 0.25) is 0 Å². The number of phenolic OH excluding ortho intramolecular Hbond substituents is 1. The molecule has 1 N–H and O–H groups in total. The van der Waals surface area contributed by atoms with E-state index in [0.717, 1.165) is 0 Å². The normalized spacial score (nSPS) is 18.8. The number of halogens is 1. The van der Waals surface area contributed by atoms with Gasteiger partial charge in [0.1, 0.15) is 16.1 Å². The summed E-state index contributed by atoms with van der Waals surface area (Å²) in [6, 6.07) is 2.25. The number of ketones is 1. The van der Waals surface area contributed by atoms with E-state index in [1.54, 1.807) is 0 Å². The van der Waals surface area contributed by atoms with Crippen LogP contribution in [0.4, 0.5) is 4.39 Å². The van der Waals surface area contributed by atoms with E-state index in [2.05, 4.69) is 9.98 Å². The number of Topliss-reactive ketones (excluding diaryl/α,β-unsaturated/α-hetero) is 1. The minimum absolute atomic E-state index is 0.0345. The second-order valence-electron chi connectivity index (χ2n) is 4.16. The minimum Gasteiger partial charge on any atom is -0.505 e. The highest BCUT2D eigenvalue weighted by molar-refractivity contribution is 8.15. The van der Waals surface area contributed by atoms with Gasteiger partial charge in [0, 0.05) is 17.9 Å². The molecule has 3 rings (SSSR count). The molecule has 19 heavy (non-hydrogen) atoms. The summed E-state index contributed by atoms with van der Waals surface area (Å²) >= 11 is 2.81. The van der Waals surface area contributed by atoms with Crippen molar-refractivity contribution in [2.75, 3.05) is 5.75 Å². The van der Waals surface area contributed by atoms with E-state index in [4.69, 9.17) is 0 Å². The summed E-state index contributed by atoms with van der Waals surface area (Å²) < 4.78 is 13.9. The molecular formula is C12H9FN2O2S2.